The zero-order valence-electron chi connectivity index (χ0n) is 24.5. The Labute approximate surface area is 255 Å². The molecule has 1 aliphatic carbocycles. The summed E-state index contributed by atoms with van der Waals surface area (Å²) in [4.78, 5) is 2.37. The van der Waals surface area contributed by atoms with Crippen LogP contribution in [-0.2, 0) is 16.6 Å². The molecule has 0 amide bonds. The molecule has 1 saturated carbocycles. The van der Waals surface area contributed by atoms with Crippen LogP contribution in [0.4, 0.5) is 24.5 Å². The van der Waals surface area contributed by atoms with Crippen molar-refractivity contribution in [1.29, 1.82) is 0 Å². The van der Waals surface area contributed by atoms with E-state index in [0.29, 0.717) is 22.6 Å². The van der Waals surface area contributed by atoms with Gasteiger partial charge in [-0.25, -0.2) is 13.6 Å². The van der Waals surface area contributed by atoms with Gasteiger partial charge in [-0.2, -0.15) is 13.2 Å². The van der Waals surface area contributed by atoms with Gasteiger partial charge in [0.05, 0.1) is 41.6 Å². The predicted octanol–water partition coefficient (Wildman–Crippen LogP) is 4.50. The Morgan fingerprint density at radius 2 is 1.77 bits per heavy atom. The fraction of sp³-hybridized carbons (Fsp3) is 0.484. The van der Waals surface area contributed by atoms with E-state index >= 15 is 0 Å². The van der Waals surface area contributed by atoms with Crippen LogP contribution in [0, 0.1) is 11.8 Å². The van der Waals surface area contributed by atoms with Gasteiger partial charge < -0.3 is 29.9 Å². The molecule has 44 heavy (non-hydrogen) atoms. The van der Waals surface area contributed by atoms with E-state index < -0.39 is 22.7 Å². The number of piperidine rings is 1. The van der Waals surface area contributed by atoms with E-state index in [9.17, 15) is 26.7 Å². The number of primary sulfonamides is 1. The molecule has 2 aliphatic rings. The number of halogens is 3. The van der Waals surface area contributed by atoms with E-state index in [0.717, 1.165) is 57.3 Å². The third-order valence-corrected chi connectivity index (χ3v) is 9.35. The van der Waals surface area contributed by atoms with Crippen LogP contribution in [0.25, 0.3) is 10.9 Å². The monoisotopic (exact) mass is 633 g/mol. The molecule has 2 aromatic carbocycles. The Balaban J connectivity index is 1.31. The number of nitrogens with one attached hydrogen (secondary N) is 2. The number of anilines is 2. The molecule has 0 unspecified atom stereocenters. The number of hydrogen-bond donors (Lipinski definition) is 4. The van der Waals surface area contributed by atoms with Crippen molar-refractivity contribution in [1.82, 2.24) is 9.47 Å². The average Bonchev–Trinajstić information content (AvgIpc) is 3.32. The van der Waals surface area contributed by atoms with E-state index in [1.807, 2.05) is 6.07 Å². The lowest BCUT2D eigenvalue weighted by Crippen LogP contribution is -2.45. The van der Waals surface area contributed by atoms with Gasteiger partial charge in [0.2, 0.25) is 10.0 Å². The molecule has 2 heterocycles. The second-order valence-electron chi connectivity index (χ2n) is 11.4. The molecule has 5 rings (SSSR count). The molecule has 3 aromatic rings. The molecular weight excluding hydrogens is 595 g/mol. The summed E-state index contributed by atoms with van der Waals surface area (Å²) in [5.41, 5.74) is 1.93. The molecule has 1 saturated heterocycles. The van der Waals surface area contributed by atoms with E-state index in [1.165, 1.54) is 29.9 Å². The van der Waals surface area contributed by atoms with E-state index in [1.54, 1.807) is 18.2 Å². The number of aromatic nitrogens is 1. The number of likely N-dealkylation sites (tertiary alicyclic amines) is 1. The highest BCUT2D eigenvalue weighted by Gasteiger charge is 2.31. The van der Waals surface area contributed by atoms with E-state index in [-0.39, 0.29) is 35.0 Å². The highest BCUT2D eigenvalue weighted by molar-refractivity contribution is 7.89. The number of methoxy groups -OCH3 is 1. The molecule has 9 nitrogen and oxygen atoms in total. The number of alkyl halides is 3. The number of rotatable bonds is 8. The van der Waals surface area contributed by atoms with Crippen LogP contribution >= 0.6 is 0 Å². The van der Waals surface area contributed by atoms with Crippen molar-refractivity contribution >= 4 is 32.3 Å². The summed E-state index contributed by atoms with van der Waals surface area (Å²) in [5, 5.41) is 22.3. The number of sulfonamides is 1. The summed E-state index contributed by atoms with van der Waals surface area (Å²) in [6.07, 6.45) is 1.01. The van der Waals surface area contributed by atoms with Gasteiger partial charge in [0.15, 0.2) is 0 Å². The van der Waals surface area contributed by atoms with E-state index in [4.69, 9.17) is 9.88 Å². The Kier molecular flexibility index (Phi) is 9.65. The van der Waals surface area contributed by atoms with Gasteiger partial charge in [-0.05, 0) is 74.8 Å². The number of nitrogens with two attached hydrogens (primary N) is 1. The van der Waals surface area contributed by atoms with Crippen LogP contribution in [0.5, 0.6) is 5.75 Å². The lowest BCUT2D eigenvalue weighted by molar-refractivity contribution is -0.140. The van der Waals surface area contributed by atoms with Gasteiger partial charge >= 0.3 is 6.18 Å². The quantitative estimate of drug-likeness (QED) is 0.270. The molecule has 238 valence electrons. The Hall–Kier alpha value is -3.44. The minimum Gasteiger partial charge on any atom is -0.495 e. The molecule has 0 radical (unpaired) electrons. The molecule has 1 aliphatic heterocycles. The number of nitrogens with zero attached hydrogens (tertiary/aromatic N) is 2. The highest BCUT2D eigenvalue weighted by Crippen LogP contribution is 2.33. The maximum Gasteiger partial charge on any atom is 0.406 e. The standard InChI is InChI=1S/C31H38F3N5O4S/c1-43-30-19-25(44(35,41)42)11-12-28(30)36-15-3-4-23-18-26-27(5-2-6-29(26)39(23)20-31(32,33)34)37-21-7-9-22(10-8-21)38-16-13-24(40)14-17-38/h2,5-6,11-12,18-19,21-22,24,36-37,40H,7-10,13-17,20H2,1H3,(H2,35,41,42). The summed E-state index contributed by atoms with van der Waals surface area (Å²) in [7, 11) is -2.53. The molecule has 2 fully saturated rings. The topological polar surface area (TPSA) is 122 Å². The largest absolute Gasteiger partial charge is 0.495 e. The van der Waals surface area contributed by atoms with E-state index in [2.05, 4.69) is 27.4 Å². The number of benzene rings is 2. The van der Waals surface area contributed by atoms with Gasteiger partial charge in [0.1, 0.15) is 12.3 Å². The average molecular weight is 634 g/mol. The summed E-state index contributed by atoms with van der Waals surface area (Å²) >= 11 is 0. The lowest BCUT2D eigenvalue weighted by atomic mass is 9.88. The fourth-order valence-electron chi connectivity index (χ4n) is 6.19. The second-order valence-corrected chi connectivity index (χ2v) is 13.0. The van der Waals surface area contributed by atoms with Gasteiger partial charge in [-0.15, -0.1) is 0 Å². The molecule has 5 N–H and O–H groups in total. The summed E-state index contributed by atoms with van der Waals surface area (Å²) in [5.74, 6) is 6.01. The summed E-state index contributed by atoms with van der Waals surface area (Å²) in [6.45, 7) is 0.750. The third kappa shape index (κ3) is 7.79. The van der Waals surface area contributed by atoms with Crippen LogP contribution in [-0.4, -0.2) is 74.1 Å². The van der Waals surface area contributed by atoms with Crippen molar-refractivity contribution < 1.29 is 31.4 Å². The van der Waals surface area contributed by atoms with Crippen molar-refractivity contribution in [3.63, 3.8) is 0 Å². The maximum atomic E-state index is 13.6. The van der Waals surface area contributed by atoms with Crippen molar-refractivity contribution in [2.45, 2.75) is 74.3 Å². The molecule has 0 spiro atoms. The number of aliphatic hydroxyl groups is 1. The van der Waals surface area contributed by atoms with Gasteiger partial charge in [0, 0.05) is 42.3 Å². The van der Waals surface area contributed by atoms with Gasteiger partial charge in [-0.3, -0.25) is 0 Å². The lowest BCUT2D eigenvalue weighted by Gasteiger charge is -2.40. The first-order valence-corrected chi connectivity index (χ1v) is 16.3. The van der Waals surface area contributed by atoms with Gasteiger partial charge in [-0.1, -0.05) is 12.0 Å². The Morgan fingerprint density at radius 3 is 2.43 bits per heavy atom. The molecule has 0 atom stereocenters. The first kappa shape index (κ1) is 32.0. The van der Waals surface area contributed by atoms with Crippen molar-refractivity contribution in [3.8, 4) is 17.6 Å². The normalized spacial score (nSPS) is 20.2. The smallest absolute Gasteiger partial charge is 0.406 e. The van der Waals surface area contributed by atoms with Crippen LogP contribution in [0.1, 0.15) is 44.2 Å². The number of ether oxygens (including phenoxy) is 1. The minimum absolute atomic E-state index is 0.0724. The second kappa shape index (κ2) is 13.3. The Bertz CT molecular complexity index is 1630. The van der Waals surface area contributed by atoms with Crippen LogP contribution in [0.2, 0.25) is 0 Å². The maximum absolute atomic E-state index is 13.6. The van der Waals surface area contributed by atoms with Crippen molar-refractivity contribution in [2.75, 3.05) is 37.4 Å². The zero-order chi connectivity index (χ0) is 31.5. The van der Waals surface area contributed by atoms with Crippen LogP contribution in [0.3, 0.4) is 0 Å². The fourth-order valence-corrected chi connectivity index (χ4v) is 6.72. The third-order valence-electron chi connectivity index (χ3n) is 8.44. The van der Waals surface area contributed by atoms with Crippen LogP contribution < -0.4 is 20.5 Å². The molecular formula is C31H38F3N5O4S. The number of fused-ring (bicyclic) bond motifs is 1. The SMILES string of the molecule is COc1cc(S(N)(=O)=O)ccc1NCC#Cc1cc2c(NC3CCC(N4CCC(O)CC4)CC3)cccc2n1CC(F)(F)F. The van der Waals surface area contributed by atoms with Crippen molar-refractivity contribution in [2.24, 2.45) is 5.14 Å². The zero-order valence-corrected chi connectivity index (χ0v) is 25.3. The van der Waals surface area contributed by atoms with Gasteiger partial charge in [0.25, 0.3) is 0 Å². The summed E-state index contributed by atoms with van der Waals surface area (Å²) in [6, 6.07) is 11.9. The molecule has 1 aromatic heterocycles. The predicted molar refractivity (Wildman–Crippen MR) is 164 cm³/mol. The number of aliphatic hydroxyl groups excluding tert-OH is 1. The highest BCUT2D eigenvalue weighted by atomic mass is 32.2. The first-order valence-electron chi connectivity index (χ1n) is 14.7. The number of hydrogen-bond acceptors (Lipinski definition) is 7. The summed E-state index contributed by atoms with van der Waals surface area (Å²) < 4.78 is 70.6. The van der Waals surface area contributed by atoms with Crippen LogP contribution in [0.15, 0.2) is 47.4 Å². The Morgan fingerprint density at radius 1 is 1.05 bits per heavy atom. The molecule has 13 heteroatoms. The molecule has 0 bridgehead atoms. The van der Waals surface area contributed by atoms with Crippen molar-refractivity contribution in [3.05, 3.63) is 48.2 Å². The first-order chi connectivity index (χ1) is 20.9. The minimum atomic E-state index is -4.44.